The van der Waals surface area contributed by atoms with E-state index in [1.54, 1.807) is 12.1 Å². The quantitative estimate of drug-likeness (QED) is 0.142. The highest BCUT2D eigenvalue weighted by Gasteiger charge is 2.35. The maximum atomic E-state index is 12.8. The Morgan fingerprint density at radius 2 is 0.923 bits per heavy atom. The molecule has 0 spiro atoms. The fraction of sp³-hybridized carbons (Fsp3) is 0.455. The van der Waals surface area contributed by atoms with Gasteiger partial charge in [0.15, 0.2) is 34.6 Å². The predicted molar refractivity (Wildman–Crippen MR) is 157 cm³/mol. The lowest BCUT2D eigenvalue weighted by molar-refractivity contribution is 0.103. The summed E-state index contributed by atoms with van der Waals surface area (Å²) >= 11 is 0. The van der Waals surface area contributed by atoms with Gasteiger partial charge in [-0.25, -0.2) is 0 Å². The highest BCUT2D eigenvalue weighted by molar-refractivity contribution is 6.07. The molecule has 39 heavy (non-hydrogen) atoms. The second-order valence-electron chi connectivity index (χ2n) is 9.79. The van der Waals surface area contributed by atoms with Crippen molar-refractivity contribution in [3.05, 3.63) is 71.8 Å². The van der Waals surface area contributed by atoms with Crippen molar-refractivity contribution >= 4 is 11.6 Å². The van der Waals surface area contributed by atoms with Crippen LogP contribution in [0, 0.1) is 0 Å². The molecule has 2 rings (SSSR count). The summed E-state index contributed by atoms with van der Waals surface area (Å²) in [5.74, 6) is 1.40. The first-order chi connectivity index (χ1) is 18.7. The summed E-state index contributed by atoms with van der Waals surface area (Å²) in [5.41, 5.74) is 1.78. The molecule has 0 saturated heterocycles. The van der Waals surface area contributed by atoms with E-state index in [1.807, 2.05) is 39.8 Å². The molecule has 0 heterocycles. The number of hydrogen-bond acceptors (Lipinski definition) is 6. The zero-order chi connectivity index (χ0) is 29.0. The zero-order valence-electron chi connectivity index (χ0n) is 24.5. The number of benzene rings is 2. The first-order valence-corrected chi connectivity index (χ1v) is 13.9. The standard InChI is InChI=1S/C33H44O6/c1-9-19-36-29-23(27(34)13-5)15-17-25(31(29)38-21-11-3)33(7,8)26-18-16-24(28(35)14-6)30(37-20-10-2)32(26)39-22-12-4/h13-18H,5-6,9-12,19-22H2,1-4,7-8H3. The van der Waals surface area contributed by atoms with Gasteiger partial charge in [0.1, 0.15) is 0 Å². The average molecular weight is 537 g/mol. The predicted octanol–water partition coefficient (Wildman–Crippen LogP) is 7.91. The van der Waals surface area contributed by atoms with Crippen molar-refractivity contribution in [2.24, 2.45) is 0 Å². The van der Waals surface area contributed by atoms with Gasteiger partial charge in [-0.15, -0.1) is 0 Å². The Bertz CT molecular complexity index is 1070. The van der Waals surface area contributed by atoms with Crippen LogP contribution < -0.4 is 18.9 Å². The third-order valence-corrected chi connectivity index (χ3v) is 6.27. The molecule has 0 saturated carbocycles. The largest absolute Gasteiger partial charge is 0.489 e. The topological polar surface area (TPSA) is 71.1 Å². The first kappa shape index (κ1) is 31.7. The van der Waals surface area contributed by atoms with Crippen molar-refractivity contribution in [1.29, 1.82) is 0 Å². The number of carbonyl (C=O) groups excluding carboxylic acids is 2. The molecule has 2 aromatic carbocycles. The second-order valence-corrected chi connectivity index (χ2v) is 9.79. The van der Waals surface area contributed by atoms with Crippen molar-refractivity contribution in [2.75, 3.05) is 26.4 Å². The SMILES string of the molecule is C=CC(=O)c1ccc(C(C)(C)c2ccc(C(=O)C=C)c(OCCC)c2OCCC)c(OCCC)c1OCCC. The minimum Gasteiger partial charge on any atom is -0.489 e. The van der Waals surface area contributed by atoms with Gasteiger partial charge >= 0.3 is 0 Å². The van der Waals surface area contributed by atoms with Crippen LogP contribution in [0.5, 0.6) is 23.0 Å². The molecule has 6 heteroatoms. The Balaban J connectivity index is 2.92. The first-order valence-electron chi connectivity index (χ1n) is 13.9. The molecule has 212 valence electrons. The molecule has 0 amide bonds. The minimum atomic E-state index is -0.688. The van der Waals surface area contributed by atoms with Crippen molar-refractivity contribution < 1.29 is 28.5 Å². The summed E-state index contributed by atoms with van der Waals surface area (Å²) in [6.07, 6.45) is 5.68. The molecule has 6 nitrogen and oxygen atoms in total. The number of ether oxygens (including phenoxy) is 4. The smallest absolute Gasteiger partial charge is 0.189 e. The summed E-state index contributed by atoms with van der Waals surface area (Å²) < 4.78 is 24.9. The Morgan fingerprint density at radius 1 is 0.615 bits per heavy atom. The number of ketones is 2. The molecule has 0 aromatic heterocycles. The molecule has 0 unspecified atom stereocenters. The summed E-state index contributed by atoms with van der Waals surface area (Å²) in [7, 11) is 0. The lowest BCUT2D eigenvalue weighted by atomic mass is 9.76. The molecule has 0 atom stereocenters. The highest BCUT2D eigenvalue weighted by atomic mass is 16.5. The Hall–Kier alpha value is -3.54. The number of hydrogen-bond donors (Lipinski definition) is 0. The lowest BCUT2D eigenvalue weighted by Crippen LogP contribution is -2.24. The van der Waals surface area contributed by atoms with Crippen molar-refractivity contribution in [3.8, 4) is 23.0 Å². The summed E-state index contributed by atoms with van der Waals surface area (Å²) in [4.78, 5) is 25.5. The summed E-state index contributed by atoms with van der Waals surface area (Å²) in [6, 6.07) is 7.34. The number of rotatable bonds is 18. The molecular weight excluding hydrogens is 492 g/mol. The van der Waals surface area contributed by atoms with Gasteiger partial charge in [-0.2, -0.15) is 0 Å². The van der Waals surface area contributed by atoms with Crippen LogP contribution in [0.15, 0.2) is 49.6 Å². The van der Waals surface area contributed by atoms with Crippen LogP contribution in [0.2, 0.25) is 0 Å². The second kappa shape index (κ2) is 15.2. The molecule has 0 radical (unpaired) electrons. The van der Waals surface area contributed by atoms with Crippen molar-refractivity contribution in [2.45, 2.75) is 72.6 Å². The van der Waals surface area contributed by atoms with Gasteiger partial charge in [0, 0.05) is 16.5 Å². The third kappa shape index (κ3) is 7.31. The van der Waals surface area contributed by atoms with E-state index in [-0.39, 0.29) is 11.6 Å². The van der Waals surface area contributed by atoms with Gasteiger partial charge in [-0.05, 0) is 50.0 Å². The van der Waals surface area contributed by atoms with Crippen LogP contribution in [0.3, 0.4) is 0 Å². The monoisotopic (exact) mass is 536 g/mol. The Labute approximate surface area is 234 Å². The van der Waals surface area contributed by atoms with E-state index >= 15 is 0 Å². The molecular formula is C33H44O6. The van der Waals surface area contributed by atoms with Crippen molar-refractivity contribution in [1.82, 2.24) is 0 Å². The normalized spacial score (nSPS) is 11.0. The van der Waals surface area contributed by atoms with Crippen LogP contribution in [0.25, 0.3) is 0 Å². The molecule has 0 aliphatic carbocycles. The van der Waals surface area contributed by atoms with E-state index in [2.05, 4.69) is 27.0 Å². The van der Waals surface area contributed by atoms with Gasteiger partial charge in [0.05, 0.1) is 37.6 Å². The maximum Gasteiger partial charge on any atom is 0.189 e. The molecule has 0 bridgehead atoms. The van der Waals surface area contributed by atoms with Gasteiger partial charge < -0.3 is 18.9 Å². The van der Waals surface area contributed by atoms with Gasteiger partial charge in [-0.1, -0.05) is 66.8 Å². The highest BCUT2D eigenvalue weighted by Crippen LogP contribution is 2.49. The minimum absolute atomic E-state index is 0.235. The third-order valence-electron chi connectivity index (χ3n) is 6.27. The molecule has 0 N–H and O–H groups in total. The molecule has 0 fully saturated rings. The molecule has 2 aromatic rings. The summed E-state index contributed by atoms with van der Waals surface area (Å²) in [6.45, 7) is 21.3. The van der Waals surface area contributed by atoms with E-state index in [4.69, 9.17) is 18.9 Å². The van der Waals surface area contributed by atoms with E-state index in [0.717, 1.165) is 36.8 Å². The van der Waals surface area contributed by atoms with Crippen LogP contribution >= 0.6 is 0 Å². The number of carbonyl (C=O) groups is 2. The fourth-order valence-corrected chi connectivity index (χ4v) is 4.25. The average Bonchev–Trinajstić information content (AvgIpc) is 2.95. The Morgan fingerprint density at radius 3 is 1.21 bits per heavy atom. The van der Waals surface area contributed by atoms with Crippen molar-refractivity contribution in [3.63, 3.8) is 0 Å². The maximum absolute atomic E-state index is 12.8. The number of allylic oxidation sites excluding steroid dienone is 2. The molecule has 0 aliphatic rings. The van der Waals surface area contributed by atoms with Crippen LogP contribution in [0.4, 0.5) is 0 Å². The van der Waals surface area contributed by atoms with Gasteiger partial charge in [0.2, 0.25) is 0 Å². The van der Waals surface area contributed by atoms with E-state index in [9.17, 15) is 9.59 Å². The fourth-order valence-electron chi connectivity index (χ4n) is 4.25. The van der Waals surface area contributed by atoms with E-state index < -0.39 is 5.41 Å². The molecule has 0 aliphatic heterocycles. The lowest BCUT2D eigenvalue weighted by Gasteiger charge is -2.32. The van der Waals surface area contributed by atoms with Crippen LogP contribution in [-0.4, -0.2) is 38.0 Å². The van der Waals surface area contributed by atoms with E-state index in [0.29, 0.717) is 60.6 Å². The van der Waals surface area contributed by atoms with Gasteiger partial charge in [-0.3, -0.25) is 9.59 Å². The van der Waals surface area contributed by atoms with Crippen LogP contribution in [-0.2, 0) is 5.41 Å². The zero-order valence-corrected chi connectivity index (χ0v) is 24.5. The van der Waals surface area contributed by atoms with E-state index in [1.165, 1.54) is 12.2 Å². The van der Waals surface area contributed by atoms with Crippen LogP contribution in [0.1, 0.15) is 99.1 Å². The Kier molecular flexibility index (Phi) is 12.3. The van der Waals surface area contributed by atoms with Gasteiger partial charge in [0.25, 0.3) is 0 Å². The summed E-state index contributed by atoms with van der Waals surface area (Å²) in [5, 5.41) is 0.